The quantitative estimate of drug-likeness (QED) is 0.816. The van der Waals surface area contributed by atoms with Crippen molar-refractivity contribution in [3.8, 4) is 0 Å². The maximum atomic E-state index is 13.4. The van der Waals surface area contributed by atoms with Gasteiger partial charge in [0.15, 0.2) is 0 Å². The molecule has 22 heavy (non-hydrogen) atoms. The van der Waals surface area contributed by atoms with Crippen molar-refractivity contribution in [3.05, 3.63) is 58.1 Å². The first-order valence-electron chi connectivity index (χ1n) is 6.71. The van der Waals surface area contributed by atoms with Gasteiger partial charge in [-0.1, -0.05) is 22.0 Å². The third-order valence-corrected chi connectivity index (χ3v) is 3.96. The lowest BCUT2D eigenvalue weighted by atomic mass is 10.2. The van der Waals surface area contributed by atoms with Crippen molar-refractivity contribution in [3.63, 3.8) is 0 Å². The van der Waals surface area contributed by atoms with Gasteiger partial charge in [-0.15, -0.1) is 0 Å². The topological polar surface area (TPSA) is 41.1 Å². The van der Waals surface area contributed by atoms with E-state index in [4.69, 9.17) is 0 Å². The van der Waals surface area contributed by atoms with Gasteiger partial charge in [0, 0.05) is 23.1 Å². The zero-order chi connectivity index (χ0) is 16.1. The molecule has 0 aliphatic heterocycles. The van der Waals surface area contributed by atoms with E-state index in [9.17, 15) is 13.6 Å². The summed E-state index contributed by atoms with van der Waals surface area (Å²) in [4.78, 5) is 11.7. The Kier molecular flexibility index (Phi) is 5.49. The van der Waals surface area contributed by atoms with Gasteiger partial charge in [-0.2, -0.15) is 0 Å². The lowest BCUT2D eigenvalue weighted by Gasteiger charge is -2.10. The van der Waals surface area contributed by atoms with Crippen molar-refractivity contribution >= 4 is 33.2 Å². The number of nitrogens with one attached hydrogen (secondary N) is 2. The summed E-state index contributed by atoms with van der Waals surface area (Å²) in [5.41, 5.74) is 1.54. The number of anilines is 2. The number of hydrogen-bond donors (Lipinski definition) is 2. The maximum absolute atomic E-state index is 13.4. The summed E-state index contributed by atoms with van der Waals surface area (Å²) in [6, 6.07) is 9.18. The molecule has 0 saturated heterocycles. The molecule has 0 saturated carbocycles. The smallest absolute Gasteiger partial charge is 0.226 e. The summed E-state index contributed by atoms with van der Waals surface area (Å²) in [5, 5.41) is 5.34. The second kappa shape index (κ2) is 7.35. The Labute approximate surface area is 135 Å². The van der Waals surface area contributed by atoms with Crippen LogP contribution in [-0.2, 0) is 4.79 Å². The van der Waals surface area contributed by atoms with Crippen LogP contribution in [0, 0.1) is 18.6 Å². The van der Waals surface area contributed by atoms with Crippen LogP contribution in [0.5, 0.6) is 0 Å². The highest BCUT2D eigenvalue weighted by atomic mass is 79.9. The molecule has 3 nitrogen and oxygen atoms in total. The predicted molar refractivity (Wildman–Crippen MR) is 87.0 cm³/mol. The molecule has 2 rings (SSSR count). The van der Waals surface area contributed by atoms with Crippen LogP contribution in [-0.4, -0.2) is 12.5 Å². The SMILES string of the molecule is Cc1cc(NCCC(=O)Nc2c(F)cccc2F)ccc1Br. The Morgan fingerprint density at radius 1 is 1.18 bits per heavy atom. The second-order valence-corrected chi connectivity index (χ2v) is 5.64. The van der Waals surface area contributed by atoms with Gasteiger partial charge in [-0.05, 0) is 42.8 Å². The Hall–Kier alpha value is -1.95. The fourth-order valence-electron chi connectivity index (χ4n) is 1.89. The van der Waals surface area contributed by atoms with Gasteiger partial charge in [-0.3, -0.25) is 4.79 Å². The minimum absolute atomic E-state index is 0.100. The number of amides is 1. The van der Waals surface area contributed by atoms with Crippen LogP contribution in [0.4, 0.5) is 20.2 Å². The van der Waals surface area contributed by atoms with Gasteiger partial charge in [0.2, 0.25) is 5.91 Å². The summed E-state index contributed by atoms with van der Waals surface area (Å²) < 4.78 is 27.8. The van der Waals surface area contributed by atoms with Crippen molar-refractivity contribution < 1.29 is 13.6 Å². The number of benzene rings is 2. The molecule has 6 heteroatoms. The molecule has 0 unspecified atom stereocenters. The number of hydrogen-bond acceptors (Lipinski definition) is 2. The molecule has 2 N–H and O–H groups in total. The third-order valence-electron chi connectivity index (χ3n) is 3.07. The monoisotopic (exact) mass is 368 g/mol. The predicted octanol–water partition coefficient (Wildman–Crippen LogP) is 4.48. The number of carbonyl (C=O) groups excluding carboxylic acids is 1. The molecule has 0 atom stereocenters. The first kappa shape index (κ1) is 16.4. The molecule has 0 fully saturated rings. The first-order chi connectivity index (χ1) is 10.5. The van der Waals surface area contributed by atoms with Crippen LogP contribution in [0.1, 0.15) is 12.0 Å². The average Bonchev–Trinajstić information content (AvgIpc) is 2.47. The van der Waals surface area contributed by atoms with Gasteiger partial charge < -0.3 is 10.6 Å². The van der Waals surface area contributed by atoms with Gasteiger partial charge >= 0.3 is 0 Å². The van der Waals surface area contributed by atoms with Gasteiger partial charge in [0.25, 0.3) is 0 Å². The number of rotatable bonds is 5. The Morgan fingerprint density at radius 3 is 2.50 bits per heavy atom. The third kappa shape index (κ3) is 4.27. The Balaban J connectivity index is 1.86. The zero-order valence-electron chi connectivity index (χ0n) is 11.9. The molecule has 2 aromatic rings. The van der Waals surface area contributed by atoms with Crippen molar-refractivity contribution in [2.24, 2.45) is 0 Å². The summed E-state index contributed by atoms with van der Waals surface area (Å²) in [6.45, 7) is 2.33. The minimum Gasteiger partial charge on any atom is -0.385 e. The molecular formula is C16H15BrF2N2O. The van der Waals surface area contributed by atoms with E-state index < -0.39 is 23.2 Å². The molecule has 0 aliphatic rings. The van der Waals surface area contributed by atoms with Crippen LogP contribution in [0.25, 0.3) is 0 Å². The van der Waals surface area contributed by atoms with E-state index in [2.05, 4.69) is 26.6 Å². The van der Waals surface area contributed by atoms with Gasteiger partial charge in [-0.25, -0.2) is 8.78 Å². The van der Waals surface area contributed by atoms with Crippen LogP contribution in [0.2, 0.25) is 0 Å². The van der Waals surface area contributed by atoms with Crippen molar-refractivity contribution in [1.82, 2.24) is 0 Å². The molecule has 0 bridgehead atoms. The average molecular weight is 369 g/mol. The molecule has 0 spiro atoms. The minimum atomic E-state index is -0.787. The standard InChI is InChI=1S/C16H15BrF2N2O/c1-10-9-11(5-6-12(10)17)20-8-7-15(22)21-16-13(18)3-2-4-14(16)19/h2-6,9,20H,7-8H2,1H3,(H,21,22). The Morgan fingerprint density at radius 2 is 1.86 bits per heavy atom. The summed E-state index contributed by atoms with van der Waals surface area (Å²) in [7, 11) is 0. The fourth-order valence-corrected chi connectivity index (χ4v) is 2.14. The van der Waals surface area contributed by atoms with Gasteiger partial charge in [0.1, 0.15) is 17.3 Å². The van der Waals surface area contributed by atoms with E-state index in [1.807, 2.05) is 25.1 Å². The van der Waals surface area contributed by atoms with Crippen molar-refractivity contribution in [2.75, 3.05) is 17.2 Å². The molecule has 1 amide bonds. The van der Waals surface area contributed by atoms with Gasteiger partial charge in [0.05, 0.1) is 0 Å². The largest absolute Gasteiger partial charge is 0.385 e. The maximum Gasteiger partial charge on any atom is 0.226 e. The zero-order valence-corrected chi connectivity index (χ0v) is 13.5. The highest BCUT2D eigenvalue weighted by Crippen LogP contribution is 2.20. The lowest BCUT2D eigenvalue weighted by molar-refractivity contribution is -0.116. The van der Waals surface area contributed by atoms with E-state index in [-0.39, 0.29) is 6.42 Å². The highest BCUT2D eigenvalue weighted by Gasteiger charge is 2.11. The molecule has 0 heterocycles. The Bertz CT molecular complexity index is 672. The number of halogens is 3. The molecule has 116 valence electrons. The van der Waals surface area contributed by atoms with E-state index in [1.165, 1.54) is 6.07 Å². The van der Waals surface area contributed by atoms with Crippen LogP contribution in [0.3, 0.4) is 0 Å². The number of aryl methyl sites for hydroxylation is 1. The van der Waals surface area contributed by atoms with Crippen LogP contribution < -0.4 is 10.6 Å². The fraction of sp³-hybridized carbons (Fsp3) is 0.188. The summed E-state index contributed by atoms with van der Waals surface area (Å²) >= 11 is 3.41. The lowest BCUT2D eigenvalue weighted by Crippen LogP contribution is -2.17. The second-order valence-electron chi connectivity index (χ2n) is 4.79. The van der Waals surface area contributed by atoms with E-state index in [0.717, 1.165) is 27.9 Å². The molecule has 0 aromatic heterocycles. The molecule has 0 aliphatic carbocycles. The molecule has 2 aromatic carbocycles. The first-order valence-corrected chi connectivity index (χ1v) is 7.50. The summed E-state index contributed by atoms with van der Waals surface area (Å²) in [6.07, 6.45) is 0.100. The number of para-hydroxylation sites is 1. The van der Waals surface area contributed by atoms with Crippen LogP contribution in [0.15, 0.2) is 40.9 Å². The van der Waals surface area contributed by atoms with Crippen LogP contribution >= 0.6 is 15.9 Å². The van der Waals surface area contributed by atoms with E-state index in [1.54, 1.807) is 0 Å². The van der Waals surface area contributed by atoms with E-state index >= 15 is 0 Å². The molecular weight excluding hydrogens is 354 g/mol. The van der Waals surface area contributed by atoms with Crippen molar-refractivity contribution in [2.45, 2.75) is 13.3 Å². The number of carbonyl (C=O) groups is 1. The highest BCUT2D eigenvalue weighted by molar-refractivity contribution is 9.10. The van der Waals surface area contributed by atoms with Crippen molar-refractivity contribution in [1.29, 1.82) is 0 Å². The normalized spacial score (nSPS) is 10.4. The summed E-state index contributed by atoms with van der Waals surface area (Å²) in [5.74, 6) is -2.03. The molecule has 0 radical (unpaired) electrons. The van der Waals surface area contributed by atoms with E-state index in [0.29, 0.717) is 6.54 Å².